The number of carbonyl (C=O) groups is 1. The van der Waals surface area contributed by atoms with Crippen molar-refractivity contribution in [2.24, 2.45) is 0 Å². The molecule has 2 aliphatic rings. The summed E-state index contributed by atoms with van der Waals surface area (Å²) in [5.74, 6) is 1.83. The van der Waals surface area contributed by atoms with E-state index in [1.165, 1.54) is 0 Å². The average molecular weight is 327 g/mol. The molecule has 0 aliphatic carbocycles. The van der Waals surface area contributed by atoms with Crippen LogP contribution in [-0.4, -0.2) is 19.3 Å². The Hall–Kier alpha value is -2.69. The second-order valence-corrected chi connectivity index (χ2v) is 5.61. The molecule has 1 amide bonds. The molecule has 0 radical (unpaired) electrons. The lowest BCUT2D eigenvalue weighted by Crippen LogP contribution is -2.24. The molecule has 0 fully saturated rings. The summed E-state index contributed by atoms with van der Waals surface area (Å²) in [4.78, 5) is 12.1. The zero-order valence-corrected chi connectivity index (χ0v) is 13.9. The minimum Gasteiger partial charge on any atom is -0.494 e. The molecule has 1 aromatic carbocycles. The Morgan fingerprint density at radius 1 is 1.42 bits per heavy atom. The van der Waals surface area contributed by atoms with Gasteiger partial charge in [-0.3, -0.25) is 4.79 Å². The first-order chi connectivity index (χ1) is 11.6. The van der Waals surface area contributed by atoms with Gasteiger partial charge in [0.05, 0.1) is 6.61 Å². The SMILES string of the molecule is C=C(/C(=C\C=C/C)OCC)[C@@H]1CC(=O)Nc2cc3c(cc21)OCO3. The number of benzene rings is 1. The van der Waals surface area contributed by atoms with Gasteiger partial charge in [0.2, 0.25) is 12.7 Å². The van der Waals surface area contributed by atoms with Gasteiger partial charge in [0.1, 0.15) is 5.76 Å². The minimum atomic E-state index is -0.161. The molecule has 1 atom stereocenters. The number of anilines is 1. The zero-order valence-electron chi connectivity index (χ0n) is 13.9. The lowest BCUT2D eigenvalue weighted by atomic mass is 9.84. The standard InChI is InChI=1S/C19H21NO4/c1-4-6-7-16(22-5-2)12(3)13-9-19(21)20-15-10-18-17(8-14(13)15)23-11-24-18/h4,6-8,10,13H,3,5,9,11H2,1-2H3,(H,20,21)/b6-4-,16-7+/t13-/m0/s1. The van der Waals surface area contributed by atoms with Crippen molar-refractivity contribution in [1.29, 1.82) is 0 Å². The molecule has 0 saturated heterocycles. The lowest BCUT2D eigenvalue weighted by Gasteiger charge is -2.28. The Labute approximate surface area is 141 Å². The van der Waals surface area contributed by atoms with Gasteiger partial charge < -0.3 is 19.5 Å². The molecule has 2 heterocycles. The molecule has 0 unspecified atom stereocenters. The Morgan fingerprint density at radius 2 is 2.17 bits per heavy atom. The number of fused-ring (bicyclic) bond motifs is 2. The van der Waals surface area contributed by atoms with E-state index in [2.05, 4.69) is 11.9 Å². The largest absolute Gasteiger partial charge is 0.494 e. The molecule has 126 valence electrons. The van der Waals surface area contributed by atoms with Crippen molar-refractivity contribution >= 4 is 11.6 Å². The molecular formula is C19H21NO4. The predicted octanol–water partition coefficient (Wildman–Crippen LogP) is 3.89. The number of hydrogen-bond donors (Lipinski definition) is 1. The lowest BCUT2D eigenvalue weighted by molar-refractivity contribution is -0.116. The maximum absolute atomic E-state index is 12.1. The topological polar surface area (TPSA) is 56.8 Å². The number of nitrogens with one attached hydrogen (secondary N) is 1. The summed E-state index contributed by atoms with van der Waals surface area (Å²) < 4.78 is 16.6. The molecule has 0 saturated carbocycles. The fourth-order valence-electron chi connectivity index (χ4n) is 2.92. The van der Waals surface area contributed by atoms with Gasteiger partial charge in [-0.25, -0.2) is 0 Å². The van der Waals surface area contributed by atoms with Crippen molar-refractivity contribution in [2.45, 2.75) is 26.2 Å². The van der Waals surface area contributed by atoms with E-state index in [9.17, 15) is 4.79 Å². The first-order valence-electron chi connectivity index (χ1n) is 8.02. The van der Waals surface area contributed by atoms with Crippen LogP contribution < -0.4 is 14.8 Å². The first-order valence-corrected chi connectivity index (χ1v) is 8.02. The molecule has 5 nitrogen and oxygen atoms in total. The minimum absolute atomic E-state index is 0.0469. The monoisotopic (exact) mass is 327 g/mol. The van der Waals surface area contributed by atoms with Crippen LogP contribution in [0.2, 0.25) is 0 Å². The highest BCUT2D eigenvalue weighted by molar-refractivity contribution is 5.96. The van der Waals surface area contributed by atoms with Crippen molar-refractivity contribution in [3.05, 3.63) is 53.8 Å². The van der Waals surface area contributed by atoms with Crippen molar-refractivity contribution in [3.8, 4) is 11.5 Å². The van der Waals surface area contributed by atoms with Crippen molar-refractivity contribution in [2.75, 3.05) is 18.7 Å². The van der Waals surface area contributed by atoms with Gasteiger partial charge in [-0.15, -0.1) is 0 Å². The quantitative estimate of drug-likeness (QED) is 0.658. The Bertz CT molecular complexity index is 733. The van der Waals surface area contributed by atoms with E-state index in [-0.39, 0.29) is 18.6 Å². The summed E-state index contributed by atoms with van der Waals surface area (Å²) in [6.07, 6.45) is 6.03. The highest BCUT2D eigenvalue weighted by atomic mass is 16.7. The van der Waals surface area contributed by atoms with E-state index in [0.29, 0.717) is 30.3 Å². The molecule has 24 heavy (non-hydrogen) atoms. The van der Waals surface area contributed by atoms with Crippen LogP contribution in [0.3, 0.4) is 0 Å². The molecule has 5 heteroatoms. The van der Waals surface area contributed by atoms with Crippen LogP contribution in [0.15, 0.2) is 48.3 Å². The maximum Gasteiger partial charge on any atom is 0.231 e. The fourth-order valence-corrected chi connectivity index (χ4v) is 2.92. The first kappa shape index (κ1) is 16.2. The van der Waals surface area contributed by atoms with Gasteiger partial charge in [0.25, 0.3) is 0 Å². The second-order valence-electron chi connectivity index (χ2n) is 5.61. The van der Waals surface area contributed by atoms with Crippen LogP contribution in [0.4, 0.5) is 5.69 Å². The van der Waals surface area contributed by atoms with Gasteiger partial charge >= 0.3 is 0 Å². The van der Waals surface area contributed by atoms with Gasteiger partial charge in [0, 0.05) is 24.1 Å². The Kier molecular flexibility index (Phi) is 4.60. The van der Waals surface area contributed by atoms with E-state index >= 15 is 0 Å². The van der Waals surface area contributed by atoms with Crippen molar-refractivity contribution in [3.63, 3.8) is 0 Å². The van der Waals surface area contributed by atoms with E-state index in [0.717, 1.165) is 16.8 Å². The summed E-state index contributed by atoms with van der Waals surface area (Å²) in [7, 11) is 0. The number of hydrogen-bond acceptors (Lipinski definition) is 4. The molecule has 1 aromatic rings. The number of carbonyl (C=O) groups excluding carboxylic acids is 1. The Morgan fingerprint density at radius 3 is 2.88 bits per heavy atom. The third kappa shape index (κ3) is 3.02. The summed E-state index contributed by atoms with van der Waals surface area (Å²) in [5.41, 5.74) is 2.49. The summed E-state index contributed by atoms with van der Waals surface area (Å²) in [6, 6.07) is 3.73. The summed E-state index contributed by atoms with van der Waals surface area (Å²) in [5, 5.41) is 2.90. The van der Waals surface area contributed by atoms with Crippen molar-refractivity contribution < 1.29 is 19.0 Å². The predicted molar refractivity (Wildman–Crippen MR) is 92.2 cm³/mol. The van der Waals surface area contributed by atoms with Crippen LogP contribution >= 0.6 is 0 Å². The van der Waals surface area contributed by atoms with Crippen LogP contribution in [-0.2, 0) is 9.53 Å². The normalized spacial score (nSPS) is 19.2. The molecule has 3 rings (SSSR count). The average Bonchev–Trinajstić information content (AvgIpc) is 3.02. The van der Waals surface area contributed by atoms with Gasteiger partial charge in [-0.2, -0.15) is 0 Å². The third-order valence-electron chi connectivity index (χ3n) is 4.06. The van der Waals surface area contributed by atoms with Crippen molar-refractivity contribution in [1.82, 2.24) is 0 Å². The van der Waals surface area contributed by atoms with Gasteiger partial charge in [0.15, 0.2) is 11.5 Å². The third-order valence-corrected chi connectivity index (χ3v) is 4.06. The molecule has 0 aromatic heterocycles. The van der Waals surface area contributed by atoms with Crippen LogP contribution in [0, 0.1) is 0 Å². The Balaban J connectivity index is 1.99. The maximum atomic E-state index is 12.1. The number of amides is 1. The smallest absolute Gasteiger partial charge is 0.231 e. The fraction of sp³-hybridized carbons (Fsp3) is 0.316. The van der Waals surface area contributed by atoms with Crippen LogP contribution in [0.1, 0.15) is 31.7 Å². The molecule has 0 bridgehead atoms. The van der Waals surface area contributed by atoms with Crippen LogP contribution in [0.5, 0.6) is 11.5 Å². The zero-order chi connectivity index (χ0) is 17.1. The summed E-state index contributed by atoms with van der Waals surface area (Å²) >= 11 is 0. The van der Waals surface area contributed by atoms with E-state index in [1.54, 1.807) is 0 Å². The number of rotatable bonds is 5. The molecular weight excluding hydrogens is 306 g/mol. The van der Waals surface area contributed by atoms with Crippen LogP contribution in [0.25, 0.3) is 0 Å². The molecule has 2 aliphatic heterocycles. The highest BCUT2D eigenvalue weighted by Gasteiger charge is 2.31. The highest BCUT2D eigenvalue weighted by Crippen LogP contribution is 2.45. The summed E-state index contributed by atoms with van der Waals surface area (Å²) in [6.45, 7) is 8.80. The molecule has 0 spiro atoms. The second kappa shape index (κ2) is 6.83. The van der Waals surface area contributed by atoms with E-state index in [1.807, 2.05) is 44.2 Å². The number of ether oxygens (including phenoxy) is 3. The van der Waals surface area contributed by atoms with E-state index in [4.69, 9.17) is 14.2 Å². The van der Waals surface area contributed by atoms with Gasteiger partial charge in [-0.05, 0) is 37.1 Å². The molecule has 1 N–H and O–H groups in total. The number of allylic oxidation sites excluding steroid dienone is 4. The van der Waals surface area contributed by atoms with Gasteiger partial charge in [-0.1, -0.05) is 18.7 Å². The van der Waals surface area contributed by atoms with E-state index < -0.39 is 0 Å².